The van der Waals surface area contributed by atoms with Gasteiger partial charge in [-0.2, -0.15) is 0 Å². The Labute approximate surface area is 191 Å². The zero-order valence-corrected chi connectivity index (χ0v) is 18.5. The molecule has 5 rings (SSSR count). The van der Waals surface area contributed by atoms with E-state index < -0.39 is 17.9 Å². The molecule has 4 atom stereocenters. The second kappa shape index (κ2) is 8.10. The Kier molecular flexibility index (Phi) is 5.25. The van der Waals surface area contributed by atoms with Crippen molar-refractivity contribution in [3.8, 4) is 0 Å². The fraction of sp³-hybridized carbons (Fsp3) is 0.320. The van der Waals surface area contributed by atoms with Gasteiger partial charge in [-0.05, 0) is 42.3 Å². The molecule has 2 aromatic carbocycles. The van der Waals surface area contributed by atoms with Gasteiger partial charge < -0.3 is 10.2 Å². The molecule has 3 amide bonds. The summed E-state index contributed by atoms with van der Waals surface area (Å²) >= 11 is 5.97. The number of fused-ring (bicyclic) bond motifs is 5. The summed E-state index contributed by atoms with van der Waals surface area (Å²) in [5, 5.41) is 3.51. The van der Waals surface area contributed by atoms with Crippen molar-refractivity contribution in [3.05, 3.63) is 65.2 Å². The molecule has 164 valence electrons. The summed E-state index contributed by atoms with van der Waals surface area (Å²) in [5.41, 5.74) is 2.43. The Bertz CT molecular complexity index is 1110. The van der Waals surface area contributed by atoms with Gasteiger partial charge in [-0.15, -0.1) is 0 Å². The van der Waals surface area contributed by atoms with Gasteiger partial charge in [0.15, 0.2) is 0 Å². The Morgan fingerprint density at radius 3 is 2.50 bits per heavy atom. The monoisotopic (exact) mass is 449 g/mol. The SMILES string of the molecule is CCCCN1C(=O)[C@@H]2[C@@H](C1=O)[C@@H](C(=O)Nc1ccc(Cl)cc1)N1c3ccccc3C=C[C@H]21. The number of hydrogen-bond donors (Lipinski definition) is 1. The summed E-state index contributed by atoms with van der Waals surface area (Å²) in [5.74, 6) is -2.00. The summed E-state index contributed by atoms with van der Waals surface area (Å²) in [4.78, 5) is 43.7. The highest BCUT2D eigenvalue weighted by atomic mass is 35.5. The van der Waals surface area contributed by atoms with E-state index in [1.165, 1.54) is 4.90 Å². The predicted molar refractivity (Wildman–Crippen MR) is 124 cm³/mol. The summed E-state index contributed by atoms with van der Waals surface area (Å²) in [6.07, 6.45) is 5.59. The molecule has 7 heteroatoms. The highest BCUT2D eigenvalue weighted by Crippen LogP contribution is 2.48. The minimum absolute atomic E-state index is 0.172. The Morgan fingerprint density at radius 2 is 1.75 bits per heavy atom. The van der Waals surface area contributed by atoms with E-state index in [0.29, 0.717) is 17.3 Å². The van der Waals surface area contributed by atoms with E-state index in [9.17, 15) is 14.4 Å². The van der Waals surface area contributed by atoms with E-state index in [0.717, 1.165) is 24.1 Å². The summed E-state index contributed by atoms with van der Waals surface area (Å²) in [6.45, 7) is 2.43. The molecular weight excluding hydrogens is 426 g/mol. The summed E-state index contributed by atoms with van der Waals surface area (Å²) in [6, 6.07) is 13.5. The molecule has 3 aliphatic heterocycles. The van der Waals surface area contributed by atoms with Crippen molar-refractivity contribution in [3.63, 3.8) is 0 Å². The zero-order valence-electron chi connectivity index (χ0n) is 17.7. The Morgan fingerprint density at radius 1 is 1.03 bits per heavy atom. The quantitative estimate of drug-likeness (QED) is 0.701. The summed E-state index contributed by atoms with van der Waals surface area (Å²) in [7, 11) is 0. The number of amides is 3. The van der Waals surface area contributed by atoms with E-state index in [1.54, 1.807) is 24.3 Å². The molecule has 2 saturated heterocycles. The Balaban J connectivity index is 1.55. The van der Waals surface area contributed by atoms with E-state index in [2.05, 4.69) is 5.32 Å². The minimum Gasteiger partial charge on any atom is -0.351 e. The van der Waals surface area contributed by atoms with Crippen LogP contribution < -0.4 is 10.2 Å². The average molecular weight is 450 g/mol. The molecule has 1 N–H and O–H groups in total. The third-order valence-electron chi connectivity index (χ3n) is 6.62. The van der Waals surface area contributed by atoms with E-state index in [-0.39, 0.29) is 23.8 Å². The van der Waals surface area contributed by atoms with E-state index in [4.69, 9.17) is 11.6 Å². The maximum Gasteiger partial charge on any atom is 0.247 e. The van der Waals surface area contributed by atoms with Crippen LogP contribution in [0.4, 0.5) is 11.4 Å². The largest absolute Gasteiger partial charge is 0.351 e. The standard InChI is InChI=1S/C25H24ClN3O3/c1-2-3-14-28-24(31)20-19-13-8-15-6-4-5-7-18(15)29(19)22(21(20)25(28)32)23(30)27-17-11-9-16(26)10-12-17/h4-13,19-22H,2-3,14H2,1H3,(H,27,30)/t19-,20+,21-,22+/m1/s1. The van der Waals surface area contributed by atoms with Crippen LogP contribution in [0.15, 0.2) is 54.6 Å². The highest BCUT2D eigenvalue weighted by molar-refractivity contribution is 6.30. The number of likely N-dealkylation sites (tertiary alicyclic amines) is 1. The smallest absolute Gasteiger partial charge is 0.247 e. The molecule has 0 unspecified atom stereocenters. The number of benzene rings is 2. The number of unbranched alkanes of at least 4 members (excludes halogenated alkanes) is 1. The first-order valence-corrected chi connectivity index (χ1v) is 11.4. The van der Waals surface area contributed by atoms with Crippen LogP contribution in [0, 0.1) is 11.8 Å². The van der Waals surface area contributed by atoms with Crippen molar-refractivity contribution < 1.29 is 14.4 Å². The molecule has 0 spiro atoms. The van der Waals surface area contributed by atoms with Gasteiger partial charge in [-0.3, -0.25) is 19.3 Å². The fourth-order valence-electron chi connectivity index (χ4n) is 5.16. The number of rotatable bonds is 5. The van der Waals surface area contributed by atoms with Crippen molar-refractivity contribution in [2.75, 3.05) is 16.8 Å². The molecule has 2 aromatic rings. The van der Waals surface area contributed by atoms with Crippen LogP contribution >= 0.6 is 11.6 Å². The molecule has 0 aliphatic carbocycles. The molecule has 0 saturated carbocycles. The van der Waals surface area contributed by atoms with Gasteiger partial charge in [-0.25, -0.2) is 0 Å². The molecule has 0 bridgehead atoms. The lowest BCUT2D eigenvalue weighted by atomic mass is 9.88. The number of para-hydroxylation sites is 1. The molecule has 0 aromatic heterocycles. The lowest BCUT2D eigenvalue weighted by Gasteiger charge is -2.36. The Hall–Kier alpha value is -3.12. The first-order chi connectivity index (χ1) is 15.5. The van der Waals surface area contributed by atoms with Gasteiger partial charge >= 0.3 is 0 Å². The van der Waals surface area contributed by atoms with E-state index >= 15 is 0 Å². The topological polar surface area (TPSA) is 69.7 Å². The first-order valence-electron chi connectivity index (χ1n) is 11.0. The second-order valence-electron chi connectivity index (χ2n) is 8.49. The maximum absolute atomic E-state index is 13.6. The molecular formula is C25H24ClN3O3. The molecule has 6 nitrogen and oxygen atoms in total. The predicted octanol–water partition coefficient (Wildman–Crippen LogP) is 3.96. The van der Waals surface area contributed by atoms with Gasteiger partial charge in [0.25, 0.3) is 0 Å². The van der Waals surface area contributed by atoms with Crippen LogP contribution in [0.1, 0.15) is 25.3 Å². The van der Waals surface area contributed by atoms with Gasteiger partial charge in [0.2, 0.25) is 17.7 Å². The van der Waals surface area contributed by atoms with Crippen molar-refractivity contribution in [2.45, 2.75) is 31.8 Å². The van der Waals surface area contributed by atoms with Crippen LogP contribution in [0.2, 0.25) is 5.02 Å². The van der Waals surface area contributed by atoms with Crippen LogP contribution in [-0.4, -0.2) is 41.2 Å². The van der Waals surface area contributed by atoms with Crippen molar-refractivity contribution in [2.24, 2.45) is 11.8 Å². The van der Waals surface area contributed by atoms with Gasteiger partial charge in [0.05, 0.1) is 17.9 Å². The highest BCUT2D eigenvalue weighted by Gasteiger charge is 2.63. The van der Waals surface area contributed by atoms with Crippen molar-refractivity contribution in [1.82, 2.24) is 4.90 Å². The van der Waals surface area contributed by atoms with Gasteiger partial charge in [0, 0.05) is 22.9 Å². The van der Waals surface area contributed by atoms with Crippen molar-refractivity contribution >= 4 is 46.8 Å². The second-order valence-corrected chi connectivity index (χ2v) is 8.93. The molecule has 0 radical (unpaired) electrons. The van der Waals surface area contributed by atoms with Crippen LogP contribution in [0.5, 0.6) is 0 Å². The number of carbonyl (C=O) groups excluding carboxylic acids is 3. The number of nitrogens with one attached hydrogen (secondary N) is 1. The summed E-state index contributed by atoms with van der Waals surface area (Å²) < 4.78 is 0. The van der Waals surface area contributed by atoms with Crippen LogP contribution in [0.3, 0.4) is 0 Å². The number of imide groups is 1. The first kappa shape index (κ1) is 20.8. The third kappa shape index (κ3) is 3.21. The maximum atomic E-state index is 13.6. The number of nitrogens with zero attached hydrogens (tertiary/aromatic N) is 2. The fourth-order valence-corrected chi connectivity index (χ4v) is 5.29. The van der Waals surface area contributed by atoms with Gasteiger partial charge in [-0.1, -0.05) is 55.3 Å². The number of carbonyl (C=O) groups is 3. The molecule has 2 fully saturated rings. The van der Waals surface area contributed by atoms with Crippen LogP contribution in [-0.2, 0) is 14.4 Å². The number of halogens is 1. The van der Waals surface area contributed by atoms with E-state index in [1.807, 2.05) is 48.2 Å². The van der Waals surface area contributed by atoms with Gasteiger partial charge in [0.1, 0.15) is 6.04 Å². The minimum atomic E-state index is -0.783. The normalized spacial score (nSPS) is 25.6. The molecule has 3 heterocycles. The van der Waals surface area contributed by atoms with Crippen LogP contribution in [0.25, 0.3) is 6.08 Å². The number of hydrogen-bond acceptors (Lipinski definition) is 4. The lowest BCUT2D eigenvalue weighted by Crippen LogP contribution is -2.50. The zero-order chi connectivity index (χ0) is 22.4. The lowest BCUT2D eigenvalue weighted by molar-refractivity contribution is -0.141. The molecule has 3 aliphatic rings. The average Bonchev–Trinajstić information content (AvgIpc) is 3.27. The number of anilines is 2. The van der Waals surface area contributed by atoms with Crippen molar-refractivity contribution in [1.29, 1.82) is 0 Å². The third-order valence-corrected chi connectivity index (χ3v) is 6.87. The molecule has 32 heavy (non-hydrogen) atoms.